The number of nitrogens with two attached hydrogens (primary N) is 1. The van der Waals surface area contributed by atoms with Crippen LogP contribution >= 0.6 is 0 Å². The molecule has 0 fully saturated rings. The number of aryl methyl sites for hydroxylation is 1. The van der Waals surface area contributed by atoms with Crippen molar-refractivity contribution in [2.24, 2.45) is 5.73 Å². The van der Waals surface area contributed by atoms with Crippen LogP contribution in [0.5, 0.6) is 5.75 Å². The Morgan fingerprint density at radius 1 is 1.60 bits per heavy atom. The molecule has 1 aromatic rings. The predicted octanol–water partition coefficient (Wildman–Crippen LogP) is 1.22. The van der Waals surface area contributed by atoms with Crippen molar-refractivity contribution < 1.29 is 9.84 Å². The average Bonchev–Trinajstić information content (AvgIpc) is 2.57. The minimum Gasteiger partial charge on any atom is -0.490 e. The summed E-state index contributed by atoms with van der Waals surface area (Å²) in [6.45, 7) is 2.12. The summed E-state index contributed by atoms with van der Waals surface area (Å²) in [5.41, 5.74) is 7.84. The van der Waals surface area contributed by atoms with Crippen molar-refractivity contribution >= 4 is 0 Å². The molecular weight excluding hydrogens is 190 g/mol. The van der Waals surface area contributed by atoms with Crippen molar-refractivity contribution in [2.45, 2.75) is 38.5 Å². The van der Waals surface area contributed by atoms with Gasteiger partial charge in [-0.3, -0.25) is 0 Å². The SMILES string of the molecule is CCc1ccc2c(c1)OC(CC(N)O)C2. The summed E-state index contributed by atoms with van der Waals surface area (Å²) >= 11 is 0. The van der Waals surface area contributed by atoms with Crippen molar-refractivity contribution in [1.82, 2.24) is 0 Å². The highest BCUT2D eigenvalue weighted by Crippen LogP contribution is 2.31. The molecule has 2 unspecified atom stereocenters. The molecule has 82 valence electrons. The summed E-state index contributed by atoms with van der Waals surface area (Å²) < 4.78 is 5.72. The molecule has 3 heteroatoms. The zero-order valence-corrected chi connectivity index (χ0v) is 8.94. The Kier molecular flexibility index (Phi) is 2.93. The lowest BCUT2D eigenvalue weighted by atomic mass is 10.0. The lowest BCUT2D eigenvalue weighted by molar-refractivity contribution is 0.110. The van der Waals surface area contributed by atoms with E-state index in [0.717, 1.165) is 18.6 Å². The first-order chi connectivity index (χ1) is 7.19. The summed E-state index contributed by atoms with van der Waals surface area (Å²) in [6, 6.07) is 6.32. The number of fused-ring (bicyclic) bond motifs is 1. The van der Waals surface area contributed by atoms with E-state index < -0.39 is 6.23 Å². The van der Waals surface area contributed by atoms with Crippen LogP contribution in [0.1, 0.15) is 24.5 Å². The van der Waals surface area contributed by atoms with E-state index in [9.17, 15) is 0 Å². The molecule has 0 saturated carbocycles. The molecule has 0 saturated heterocycles. The number of ether oxygens (including phenoxy) is 1. The fourth-order valence-corrected chi connectivity index (χ4v) is 1.96. The second-order valence-corrected chi connectivity index (χ2v) is 4.04. The van der Waals surface area contributed by atoms with Crippen LogP contribution in [0.4, 0.5) is 0 Å². The minimum absolute atomic E-state index is 0.0344. The molecule has 0 spiro atoms. The number of hydrogen-bond donors (Lipinski definition) is 2. The molecule has 1 aliphatic heterocycles. The summed E-state index contributed by atoms with van der Waals surface area (Å²) in [5.74, 6) is 0.958. The third-order valence-corrected chi connectivity index (χ3v) is 2.79. The van der Waals surface area contributed by atoms with Crippen LogP contribution in [-0.2, 0) is 12.8 Å². The average molecular weight is 207 g/mol. The van der Waals surface area contributed by atoms with E-state index in [4.69, 9.17) is 15.6 Å². The number of aliphatic hydroxyl groups is 1. The van der Waals surface area contributed by atoms with Crippen LogP contribution in [0, 0.1) is 0 Å². The Hall–Kier alpha value is -1.06. The quantitative estimate of drug-likeness (QED) is 0.733. The van der Waals surface area contributed by atoms with Crippen molar-refractivity contribution in [2.75, 3.05) is 0 Å². The van der Waals surface area contributed by atoms with Crippen LogP contribution in [0.15, 0.2) is 18.2 Å². The van der Waals surface area contributed by atoms with Crippen molar-refractivity contribution in [3.63, 3.8) is 0 Å². The molecule has 0 aromatic heterocycles. The molecule has 0 bridgehead atoms. The van der Waals surface area contributed by atoms with E-state index in [0.29, 0.717) is 6.42 Å². The molecular formula is C12H17NO2. The summed E-state index contributed by atoms with van der Waals surface area (Å²) in [7, 11) is 0. The molecule has 2 rings (SSSR count). The number of benzene rings is 1. The Bertz CT molecular complexity index is 349. The highest BCUT2D eigenvalue weighted by atomic mass is 16.5. The van der Waals surface area contributed by atoms with Crippen LogP contribution in [0.25, 0.3) is 0 Å². The molecule has 1 heterocycles. The van der Waals surface area contributed by atoms with E-state index in [1.165, 1.54) is 11.1 Å². The minimum atomic E-state index is -0.782. The normalized spacial score (nSPS) is 20.9. The van der Waals surface area contributed by atoms with Gasteiger partial charge in [-0.15, -0.1) is 0 Å². The van der Waals surface area contributed by atoms with Crippen LogP contribution in [-0.4, -0.2) is 17.4 Å². The highest BCUT2D eigenvalue weighted by Gasteiger charge is 2.24. The van der Waals surface area contributed by atoms with E-state index in [1.54, 1.807) is 0 Å². The Balaban J connectivity index is 2.09. The van der Waals surface area contributed by atoms with E-state index >= 15 is 0 Å². The summed E-state index contributed by atoms with van der Waals surface area (Å²) in [6.07, 6.45) is 1.62. The third kappa shape index (κ3) is 2.30. The molecule has 0 aliphatic carbocycles. The van der Waals surface area contributed by atoms with Gasteiger partial charge in [-0.2, -0.15) is 0 Å². The Labute approximate surface area is 89.9 Å². The monoisotopic (exact) mass is 207 g/mol. The molecule has 1 aliphatic rings. The van der Waals surface area contributed by atoms with Gasteiger partial charge in [0.25, 0.3) is 0 Å². The second-order valence-electron chi connectivity index (χ2n) is 4.04. The first-order valence-electron chi connectivity index (χ1n) is 5.41. The standard InChI is InChI=1S/C12H17NO2/c1-2-8-3-4-9-6-10(7-12(13)14)15-11(9)5-8/h3-5,10,12,14H,2,6-7,13H2,1H3. The van der Waals surface area contributed by atoms with Crippen molar-refractivity contribution in [1.29, 1.82) is 0 Å². The zero-order valence-electron chi connectivity index (χ0n) is 8.94. The maximum Gasteiger partial charge on any atom is 0.123 e. The van der Waals surface area contributed by atoms with Gasteiger partial charge in [0.2, 0.25) is 0 Å². The second kappa shape index (κ2) is 4.21. The van der Waals surface area contributed by atoms with Gasteiger partial charge in [0.15, 0.2) is 0 Å². The molecule has 0 amide bonds. The van der Waals surface area contributed by atoms with Crippen LogP contribution in [0.3, 0.4) is 0 Å². The van der Waals surface area contributed by atoms with Gasteiger partial charge in [-0.1, -0.05) is 19.1 Å². The summed E-state index contributed by atoms with van der Waals surface area (Å²) in [4.78, 5) is 0. The molecule has 0 radical (unpaired) electrons. The lowest BCUT2D eigenvalue weighted by Crippen LogP contribution is -2.27. The van der Waals surface area contributed by atoms with Crippen molar-refractivity contribution in [3.8, 4) is 5.75 Å². The maximum atomic E-state index is 9.09. The smallest absolute Gasteiger partial charge is 0.123 e. The Morgan fingerprint density at radius 3 is 3.07 bits per heavy atom. The highest BCUT2D eigenvalue weighted by molar-refractivity contribution is 5.40. The first-order valence-corrected chi connectivity index (χ1v) is 5.41. The Morgan fingerprint density at radius 2 is 2.40 bits per heavy atom. The van der Waals surface area contributed by atoms with Gasteiger partial charge < -0.3 is 15.6 Å². The maximum absolute atomic E-state index is 9.09. The van der Waals surface area contributed by atoms with E-state index in [2.05, 4.69) is 25.1 Å². The summed E-state index contributed by atoms with van der Waals surface area (Å²) in [5, 5.41) is 9.09. The lowest BCUT2D eigenvalue weighted by Gasteiger charge is -2.11. The molecule has 3 N–H and O–H groups in total. The first kappa shape index (κ1) is 10.5. The van der Waals surface area contributed by atoms with Gasteiger partial charge >= 0.3 is 0 Å². The van der Waals surface area contributed by atoms with Gasteiger partial charge in [0.05, 0.1) is 0 Å². The van der Waals surface area contributed by atoms with Crippen molar-refractivity contribution in [3.05, 3.63) is 29.3 Å². The molecule has 3 nitrogen and oxygen atoms in total. The van der Waals surface area contributed by atoms with Gasteiger partial charge in [-0.05, 0) is 23.6 Å². The fourth-order valence-electron chi connectivity index (χ4n) is 1.96. The fraction of sp³-hybridized carbons (Fsp3) is 0.500. The zero-order chi connectivity index (χ0) is 10.8. The topological polar surface area (TPSA) is 55.5 Å². The number of hydrogen-bond acceptors (Lipinski definition) is 3. The largest absolute Gasteiger partial charge is 0.490 e. The molecule has 1 aromatic carbocycles. The van der Waals surface area contributed by atoms with Crippen LogP contribution < -0.4 is 10.5 Å². The number of rotatable bonds is 3. The molecule has 15 heavy (non-hydrogen) atoms. The number of aliphatic hydroxyl groups excluding tert-OH is 1. The van der Waals surface area contributed by atoms with Crippen LogP contribution in [0.2, 0.25) is 0 Å². The molecule has 2 atom stereocenters. The third-order valence-electron chi connectivity index (χ3n) is 2.79. The predicted molar refractivity (Wildman–Crippen MR) is 58.8 cm³/mol. The van der Waals surface area contributed by atoms with Gasteiger partial charge in [0, 0.05) is 12.8 Å². The van der Waals surface area contributed by atoms with Gasteiger partial charge in [0.1, 0.15) is 18.1 Å². The van der Waals surface area contributed by atoms with E-state index in [-0.39, 0.29) is 6.10 Å². The van der Waals surface area contributed by atoms with E-state index in [1.807, 2.05) is 0 Å². The van der Waals surface area contributed by atoms with Gasteiger partial charge in [-0.25, -0.2) is 0 Å².